The van der Waals surface area contributed by atoms with Gasteiger partial charge in [-0.05, 0) is 44.2 Å². The number of aromatic nitrogens is 4. The molecule has 11 nitrogen and oxygen atoms in total. The van der Waals surface area contributed by atoms with Crippen molar-refractivity contribution in [1.29, 1.82) is 5.26 Å². The number of ether oxygens (including phenoxy) is 1. The SMILES string of the molecule is CNc1cc(Nc2cccn([C@@H]3CCC[C@H](C#N)C3)c2=O)nc2c(C(=O)NC3CC[C@@H]3OC)cnn12. The molecule has 4 atom stereocenters. The molecule has 2 aliphatic carbocycles. The summed E-state index contributed by atoms with van der Waals surface area (Å²) in [6, 6.07) is 7.57. The Bertz CT molecular complexity index is 1370. The zero-order chi connectivity index (χ0) is 25.2. The van der Waals surface area contributed by atoms with Crippen molar-refractivity contribution in [2.75, 3.05) is 24.8 Å². The normalized spacial score (nSPS) is 23.5. The highest BCUT2D eigenvalue weighted by Gasteiger charge is 2.33. The second-order valence-electron chi connectivity index (χ2n) is 9.41. The number of nitrogens with zero attached hydrogens (tertiary/aromatic N) is 5. The Hall–Kier alpha value is -3.91. The summed E-state index contributed by atoms with van der Waals surface area (Å²) in [4.78, 5) is 30.9. The molecular weight excluding hydrogens is 460 g/mol. The third-order valence-electron chi connectivity index (χ3n) is 7.26. The summed E-state index contributed by atoms with van der Waals surface area (Å²) in [5, 5.41) is 22.9. The van der Waals surface area contributed by atoms with E-state index in [1.54, 1.807) is 41.6 Å². The van der Waals surface area contributed by atoms with Crippen LogP contribution in [0.1, 0.15) is 54.9 Å². The first-order valence-electron chi connectivity index (χ1n) is 12.3. The predicted octanol–water partition coefficient (Wildman–Crippen LogP) is 2.84. The van der Waals surface area contributed by atoms with Gasteiger partial charge in [0, 0.05) is 38.4 Å². The Balaban J connectivity index is 1.44. The number of carbonyl (C=O) groups excluding carboxylic acids is 1. The molecule has 5 rings (SSSR count). The van der Waals surface area contributed by atoms with E-state index < -0.39 is 0 Å². The van der Waals surface area contributed by atoms with Gasteiger partial charge in [-0.3, -0.25) is 9.59 Å². The first kappa shape index (κ1) is 23.8. The number of hydrogen-bond donors (Lipinski definition) is 3. The van der Waals surface area contributed by atoms with E-state index in [2.05, 4.69) is 32.1 Å². The van der Waals surface area contributed by atoms with Crippen molar-refractivity contribution >= 4 is 28.9 Å². The topological polar surface area (TPSA) is 138 Å². The molecule has 1 unspecified atom stereocenters. The molecule has 0 radical (unpaired) electrons. The van der Waals surface area contributed by atoms with Crippen molar-refractivity contribution in [3.05, 3.63) is 46.5 Å². The Morgan fingerprint density at radius 3 is 2.86 bits per heavy atom. The highest BCUT2D eigenvalue weighted by molar-refractivity contribution is 6.00. The second-order valence-corrected chi connectivity index (χ2v) is 9.41. The van der Waals surface area contributed by atoms with Crippen molar-refractivity contribution in [2.24, 2.45) is 5.92 Å². The molecule has 0 aromatic carbocycles. The van der Waals surface area contributed by atoms with Crippen LogP contribution in [0.5, 0.6) is 0 Å². The van der Waals surface area contributed by atoms with Crippen LogP contribution in [-0.2, 0) is 4.74 Å². The van der Waals surface area contributed by atoms with Crippen molar-refractivity contribution < 1.29 is 9.53 Å². The molecule has 3 heterocycles. The summed E-state index contributed by atoms with van der Waals surface area (Å²) in [7, 11) is 3.40. The predicted molar refractivity (Wildman–Crippen MR) is 134 cm³/mol. The highest BCUT2D eigenvalue weighted by Crippen LogP contribution is 2.31. The summed E-state index contributed by atoms with van der Waals surface area (Å²) < 4.78 is 8.66. The monoisotopic (exact) mass is 490 g/mol. The van der Waals surface area contributed by atoms with E-state index in [1.807, 2.05) is 6.07 Å². The van der Waals surface area contributed by atoms with E-state index >= 15 is 0 Å². The van der Waals surface area contributed by atoms with Crippen LogP contribution in [-0.4, -0.2) is 51.4 Å². The molecule has 36 heavy (non-hydrogen) atoms. The average Bonchev–Trinajstić information content (AvgIpc) is 3.31. The van der Waals surface area contributed by atoms with E-state index in [-0.39, 0.29) is 35.6 Å². The van der Waals surface area contributed by atoms with Crippen molar-refractivity contribution in [3.8, 4) is 6.07 Å². The number of anilines is 3. The average molecular weight is 491 g/mol. The minimum atomic E-state index is -0.269. The Kier molecular flexibility index (Phi) is 6.61. The van der Waals surface area contributed by atoms with E-state index in [1.165, 1.54) is 6.20 Å². The van der Waals surface area contributed by atoms with Crippen molar-refractivity contribution in [1.82, 2.24) is 24.5 Å². The van der Waals surface area contributed by atoms with Gasteiger partial charge in [-0.1, -0.05) is 6.42 Å². The number of nitrogens with one attached hydrogen (secondary N) is 3. The largest absolute Gasteiger partial charge is 0.379 e. The lowest BCUT2D eigenvalue weighted by atomic mass is 9.86. The second kappa shape index (κ2) is 9.99. The summed E-state index contributed by atoms with van der Waals surface area (Å²) >= 11 is 0. The minimum absolute atomic E-state index is 0.00600. The fourth-order valence-corrected chi connectivity index (χ4v) is 5.09. The van der Waals surface area contributed by atoms with Crippen LogP contribution in [0, 0.1) is 17.2 Å². The number of nitriles is 1. The van der Waals surface area contributed by atoms with E-state index in [0.717, 1.165) is 32.1 Å². The molecule has 3 aromatic rings. The van der Waals surface area contributed by atoms with Gasteiger partial charge in [0.2, 0.25) is 0 Å². The fraction of sp³-hybridized carbons (Fsp3) is 0.480. The number of rotatable bonds is 7. The molecule has 3 N–H and O–H groups in total. The molecule has 3 aromatic heterocycles. The van der Waals surface area contributed by atoms with Crippen LogP contribution >= 0.6 is 0 Å². The zero-order valence-corrected chi connectivity index (χ0v) is 20.4. The van der Waals surface area contributed by atoms with E-state index in [4.69, 9.17) is 4.74 Å². The number of fused-ring (bicyclic) bond motifs is 1. The Morgan fingerprint density at radius 1 is 1.28 bits per heavy atom. The number of methoxy groups -OCH3 is 1. The highest BCUT2D eigenvalue weighted by atomic mass is 16.5. The minimum Gasteiger partial charge on any atom is -0.379 e. The van der Waals surface area contributed by atoms with Gasteiger partial charge in [-0.2, -0.15) is 14.9 Å². The number of hydrogen-bond acceptors (Lipinski definition) is 8. The lowest BCUT2D eigenvalue weighted by Crippen LogP contribution is -2.51. The number of carbonyl (C=O) groups is 1. The van der Waals surface area contributed by atoms with Crippen molar-refractivity contribution in [2.45, 2.75) is 56.7 Å². The standard InChI is InChI=1S/C25H30N8O3/c1-27-22-12-21(29-19-7-4-10-32(25(19)35)16-6-3-5-15(11-16)13-26)31-23-17(14-28-33(22)23)24(34)30-18-8-9-20(18)36-2/h4,7,10,12,14-16,18,20,27H,3,5-6,8-9,11H2,1-2H3,(H,29,31)(H,30,34)/t15-,16+,18?,20-/m0/s1. The van der Waals surface area contributed by atoms with Crippen molar-refractivity contribution in [3.63, 3.8) is 0 Å². The molecular formula is C25H30N8O3. The van der Waals surface area contributed by atoms with Gasteiger partial charge in [-0.25, -0.2) is 4.98 Å². The quantitative estimate of drug-likeness (QED) is 0.460. The van der Waals surface area contributed by atoms with Gasteiger partial charge < -0.3 is 25.3 Å². The first-order valence-corrected chi connectivity index (χ1v) is 12.3. The maximum Gasteiger partial charge on any atom is 0.274 e. The molecule has 0 aliphatic heterocycles. The van der Waals surface area contributed by atoms with Crippen LogP contribution in [0.25, 0.3) is 5.65 Å². The molecule has 2 fully saturated rings. The molecule has 1 amide bonds. The third kappa shape index (κ3) is 4.40. The Labute approximate surface area is 208 Å². The van der Waals surface area contributed by atoms with Crippen LogP contribution in [0.15, 0.2) is 35.4 Å². The maximum absolute atomic E-state index is 13.3. The van der Waals surface area contributed by atoms with E-state index in [0.29, 0.717) is 35.0 Å². The first-order chi connectivity index (χ1) is 17.5. The van der Waals surface area contributed by atoms with Gasteiger partial charge in [0.15, 0.2) is 5.65 Å². The molecule has 2 saturated carbocycles. The van der Waals surface area contributed by atoms with Gasteiger partial charge in [-0.15, -0.1) is 0 Å². The molecule has 0 saturated heterocycles. The summed E-state index contributed by atoms with van der Waals surface area (Å²) in [6.45, 7) is 0. The summed E-state index contributed by atoms with van der Waals surface area (Å²) in [5.41, 5.74) is 0.914. The smallest absolute Gasteiger partial charge is 0.274 e. The zero-order valence-electron chi connectivity index (χ0n) is 20.4. The van der Waals surface area contributed by atoms with Crippen LogP contribution in [0.2, 0.25) is 0 Å². The fourth-order valence-electron chi connectivity index (χ4n) is 5.09. The summed E-state index contributed by atoms with van der Waals surface area (Å²) in [6.07, 6.45) is 8.41. The van der Waals surface area contributed by atoms with Crippen LogP contribution in [0.3, 0.4) is 0 Å². The molecule has 2 aliphatic rings. The van der Waals surface area contributed by atoms with Gasteiger partial charge in [0.25, 0.3) is 11.5 Å². The van der Waals surface area contributed by atoms with Crippen LogP contribution < -0.4 is 21.5 Å². The van der Waals surface area contributed by atoms with Crippen LogP contribution in [0.4, 0.5) is 17.3 Å². The molecule has 0 spiro atoms. The lowest BCUT2D eigenvalue weighted by molar-refractivity contribution is 0.00732. The Morgan fingerprint density at radius 2 is 2.14 bits per heavy atom. The van der Waals surface area contributed by atoms with Gasteiger partial charge >= 0.3 is 0 Å². The number of amides is 1. The summed E-state index contributed by atoms with van der Waals surface area (Å²) in [5.74, 6) is 0.725. The van der Waals surface area contributed by atoms with E-state index in [9.17, 15) is 14.9 Å². The third-order valence-corrected chi connectivity index (χ3v) is 7.26. The molecule has 11 heteroatoms. The number of pyridine rings is 1. The lowest BCUT2D eigenvalue weighted by Gasteiger charge is -2.35. The van der Waals surface area contributed by atoms with Gasteiger partial charge in [0.1, 0.15) is 22.9 Å². The van der Waals surface area contributed by atoms with Gasteiger partial charge in [0.05, 0.1) is 24.4 Å². The maximum atomic E-state index is 13.3. The molecule has 0 bridgehead atoms. The molecule has 188 valence electrons.